The molecular weight excluding hydrogens is 424 g/mol. The van der Waals surface area contributed by atoms with Crippen molar-refractivity contribution in [3.8, 4) is 11.3 Å². The fourth-order valence-electron chi connectivity index (χ4n) is 2.40. The largest absolute Gasteiger partial charge is 0.457 e. The summed E-state index contributed by atoms with van der Waals surface area (Å²) in [7, 11) is 0. The van der Waals surface area contributed by atoms with Gasteiger partial charge < -0.3 is 9.73 Å². The molecule has 1 amide bonds. The molecule has 1 heterocycles. The number of halogens is 1. The second kappa shape index (κ2) is 8.79. The van der Waals surface area contributed by atoms with Gasteiger partial charge >= 0.3 is 0 Å². The lowest BCUT2D eigenvalue weighted by atomic mass is 10.2. The molecule has 2 N–H and O–H groups in total. The van der Waals surface area contributed by atoms with Crippen LogP contribution in [0.1, 0.15) is 11.3 Å². The number of furan rings is 1. The molecule has 136 valence electrons. The zero-order chi connectivity index (χ0) is 19.2. The number of hydrogen-bond acceptors (Lipinski definition) is 3. The second-order valence-electron chi connectivity index (χ2n) is 5.81. The Morgan fingerprint density at radius 3 is 2.63 bits per heavy atom. The van der Waals surface area contributed by atoms with Crippen molar-refractivity contribution in [1.29, 1.82) is 0 Å². The van der Waals surface area contributed by atoms with Crippen molar-refractivity contribution in [3.63, 3.8) is 0 Å². The molecule has 0 saturated carbocycles. The normalized spacial score (nSPS) is 10.7. The molecule has 6 heteroatoms. The third-order valence-corrected chi connectivity index (χ3v) is 4.83. The third-order valence-electron chi connectivity index (χ3n) is 3.74. The minimum atomic E-state index is -0.334. The number of amides is 1. The van der Waals surface area contributed by atoms with Gasteiger partial charge in [-0.15, -0.1) is 0 Å². The van der Waals surface area contributed by atoms with E-state index in [4.69, 9.17) is 16.6 Å². The average molecular weight is 441 g/mol. The van der Waals surface area contributed by atoms with Crippen LogP contribution in [0.25, 0.3) is 17.4 Å². The van der Waals surface area contributed by atoms with Crippen LogP contribution < -0.4 is 10.6 Å². The number of aryl methyl sites for hydroxylation is 1. The number of anilines is 1. The van der Waals surface area contributed by atoms with Gasteiger partial charge in [0, 0.05) is 21.8 Å². The summed E-state index contributed by atoms with van der Waals surface area (Å²) < 4.78 is 6.74. The molecule has 2 aromatic carbocycles. The van der Waals surface area contributed by atoms with Crippen LogP contribution in [0.3, 0.4) is 0 Å². The van der Waals surface area contributed by atoms with Gasteiger partial charge in [0.05, 0.1) is 0 Å². The Kier molecular flexibility index (Phi) is 6.21. The van der Waals surface area contributed by atoms with E-state index in [0.717, 1.165) is 27.0 Å². The van der Waals surface area contributed by atoms with E-state index in [0.29, 0.717) is 5.76 Å². The van der Waals surface area contributed by atoms with Crippen LogP contribution in [0.2, 0.25) is 0 Å². The highest BCUT2D eigenvalue weighted by atomic mass is 79.9. The fourth-order valence-corrected chi connectivity index (χ4v) is 2.86. The molecular formula is C21H17BrN2O2S. The Morgan fingerprint density at radius 1 is 1.11 bits per heavy atom. The number of thiocarbonyl (C=S) groups is 1. The van der Waals surface area contributed by atoms with E-state index in [-0.39, 0.29) is 11.0 Å². The smallest absolute Gasteiger partial charge is 0.250 e. The lowest BCUT2D eigenvalue weighted by Gasteiger charge is -2.09. The first-order valence-electron chi connectivity index (χ1n) is 8.23. The maximum absolute atomic E-state index is 12.0. The summed E-state index contributed by atoms with van der Waals surface area (Å²) in [5.41, 5.74) is 2.86. The molecule has 0 bridgehead atoms. The molecule has 0 aliphatic rings. The highest BCUT2D eigenvalue weighted by molar-refractivity contribution is 9.10. The monoisotopic (exact) mass is 440 g/mol. The number of nitrogens with one attached hydrogen (secondary N) is 2. The molecule has 0 atom stereocenters. The average Bonchev–Trinajstić information content (AvgIpc) is 3.13. The quantitative estimate of drug-likeness (QED) is 0.412. The number of benzene rings is 2. The number of carbonyl (C=O) groups is 1. The molecule has 0 radical (unpaired) electrons. The summed E-state index contributed by atoms with van der Waals surface area (Å²) >= 11 is 8.62. The maximum Gasteiger partial charge on any atom is 0.250 e. The number of rotatable bonds is 4. The Labute approximate surface area is 171 Å². The first-order valence-corrected chi connectivity index (χ1v) is 9.43. The molecule has 27 heavy (non-hydrogen) atoms. The Bertz CT molecular complexity index is 996. The molecule has 3 rings (SSSR count). The molecule has 0 aliphatic carbocycles. The Balaban J connectivity index is 1.56. The first kappa shape index (κ1) is 19.1. The summed E-state index contributed by atoms with van der Waals surface area (Å²) in [6, 6.07) is 19.2. The summed E-state index contributed by atoms with van der Waals surface area (Å²) in [6.07, 6.45) is 2.99. The van der Waals surface area contributed by atoms with Gasteiger partial charge in [-0.2, -0.15) is 0 Å². The standard InChI is InChI=1S/C21H17BrN2O2S/c1-14-13-16(7-10-18(14)22)23-21(27)24-20(25)12-9-17-8-11-19(26-17)15-5-3-2-4-6-15/h2-13H,1H3,(H2,23,24,25,27)/b12-9+. The van der Waals surface area contributed by atoms with E-state index in [1.165, 1.54) is 6.08 Å². The highest BCUT2D eigenvalue weighted by Gasteiger charge is 2.05. The molecule has 0 fully saturated rings. The summed E-state index contributed by atoms with van der Waals surface area (Å²) in [5, 5.41) is 5.83. The van der Waals surface area contributed by atoms with E-state index in [1.807, 2.05) is 67.6 Å². The summed E-state index contributed by atoms with van der Waals surface area (Å²) in [4.78, 5) is 12.0. The molecule has 3 aromatic rings. The SMILES string of the molecule is Cc1cc(NC(=S)NC(=O)/C=C/c2ccc(-c3ccccc3)o2)ccc1Br. The van der Waals surface area contributed by atoms with Gasteiger partial charge in [0.1, 0.15) is 11.5 Å². The molecule has 0 aliphatic heterocycles. The van der Waals surface area contributed by atoms with Crippen LogP contribution in [0.5, 0.6) is 0 Å². The van der Waals surface area contributed by atoms with Crippen LogP contribution in [-0.4, -0.2) is 11.0 Å². The van der Waals surface area contributed by atoms with Gasteiger partial charge in [-0.05, 0) is 61.1 Å². The van der Waals surface area contributed by atoms with E-state index in [2.05, 4.69) is 26.6 Å². The van der Waals surface area contributed by atoms with Gasteiger partial charge in [-0.25, -0.2) is 0 Å². The molecule has 0 saturated heterocycles. The first-order chi connectivity index (χ1) is 13.0. The fraction of sp³-hybridized carbons (Fsp3) is 0.0476. The minimum Gasteiger partial charge on any atom is -0.457 e. The topological polar surface area (TPSA) is 54.3 Å². The minimum absolute atomic E-state index is 0.232. The zero-order valence-electron chi connectivity index (χ0n) is 14.5. The van der Waals surface area contributed by atoms with Gasteiger partial charge in [0.15, 0.2) is 5.11 Å². The zero-order valence-corrected chi connectivity index (χ0v) is 16.9. The van der Waals surface area contributed by atoms with Crippen molar-refractivity contribution in [2.45, 2.75) is 6.92 Å². The Hall–Kier alpha value is -2.70. The predicted molar refractivity (Wildman–Crippen MR) is 116 cm³/mol. The molecule has 4 nitrogen and oxygen atoms in total. The molecule has 1 aromatic heterocycles. The molecule has 0 unspecified atom stereocenters. The van der Waals surface area contributed by atoms with Gasteiger partial charge in [-0.3, -0.25) is 10.1 Å². The van der Waals surface area contributed by atoms with Crippen LogP contribution in [0, 0.1) is 6.92 Å². The predicted octanol–water partition coefficient (Wildman–Crippen LogP) is 5.54. The van der Waals surface area contributed by atoms with Crippen molar-refractivity contribution in [1.82, 2.24) is 5.32 Å². The lowest BCUT2D eigenvalue weighted by Crippen LogP contribution is -2.32. The maximum atomic E-state index is 12.0. The van der Waals surface area contributed by atoms with Crippen molar-refractivity contribution in [2.24, 2.45) is 0 Å². The van der Waals surface area contributed by atoms with E-state index in [9.17, 15) is 4.79 Å². The van der Waals surface area contributed by atoms with Gasteiger partial charge in [0.2, 0.25) is 5.91 Å². The van der Waals surface area contributed by atoms with Crippen LogP contribution in [-0.2, 0) is 4.79 Å². The van der Waals surface area contributed by atoms with Gasteiger partial charge in [0.25, 0.3) is 0 Å². The number of carbonyl (C=O) groups excluding carboxylic acids is 1. The van der Waals surface area contributed by atoms with E-state index >= 15 is 0 Å². The van der Waals surface area contributed by atoms with Crippen molar-refractivity contribution in [2.75, 3.05) is 5.32 Å². The lowest BCUT2D eigenvalue weighted by molar-refractivity contribution is -0.115. The highest BCUT2D eigenvalue weighted by Crippen LogP contribution is 2.22. The molecule has 0 spiro atoms. The summed E-state index contributed by atoms with van der Waals surface area (Å²) in [6.45, 7) is 1.98. The van der Waals surface area contributed by atoms with Crippen LogP contribution in [0.15, 0.2) is 75.6 Å². The second-order valence-corrected chi connectivity index (χ2v) is 7.07. The van der Waals surface area contributed by atoms with Crippen molar-refractivity contribution in [3.05, 3.63) is 82.5 Å². The summed E-state index contributed by atoms with van der Waals surface area (Å²) in [5.74, 6) is 1.00. The van der Waals surface area contributed by atoms with Crippen LogP contribution >= 0.6 is 28.1 Å². The Morgan fingerprint density at radius 2 is 1.89 bits per heavy atom. The van der Waals surface area contributed by atoms with Crippen molar-refractivity contribution < 1.29 is 9.21 Å². The third kappa shape index (κ3) is 5.39. The number of hydrogen-bond donors (Lipinski definition) is 2. The van der Waals surface area contributed by atoms with E-state index in [1.54, 1.807) is 6.08 Å². The van der Waals surface area contributed by atoms with Crippen molar-refractivity contribution >= 4 is 50.9 Å². The van der Waals surface area contributed by atoms with Gasteiger partial charge in [-0.1, -0.05) is 46.3 Å². The van der Waals surface area contributed by atoms with E-state index < -0.39 is 0 Å². The van der Waals surface area contributed by atoms with Crippen LogP contribution in [0.4, 0.5) is 5.69 Å².